The van der Waals surface area contributed by atoms with Crippen molar-refractivity contribution in [2.45, 2.75) is 32.6 Å². The molecule has 0 aromatic carbocycles. The van der Waals surface area contributed by atoms with Gasteiger partial charge in [-0.25, -0.2) is 9.97 Å². The molecule has 0 unspecified atom stereocenters. The Morgan fingerprint density at radius 3 is 3.12 bits per heavy atom. The van der Waals surface area contributed by atoms with Gasteiger partial charge >= 0.3 is 0 Å². The van der Waals surface area contributed by atoms with Crippen LogP contribution in [-0.2, 0) is 4.79 Å². The lowest BCUT2D eigenvalue weighted by Gasteiger charge is -2.35. The first-order chi connectivity index (χ1) is 11.6. The molecular formula is C17H19N5OS. The molecule has 0 bridgehead atoms. The molecule has 1 N–H and O–H groups in total. The summed E-state index contributed by atoms with van der Waals surface area (Å²) in [5, 5.41) is 13.2. The molecule has 3 heterocycles. The lowest BCUT2D eigenvalue weighted by Crippen LogP contribution is -2.40. The second-order valence-corrected chi connectivity index (χ2v) is 7.94. The number of thiazole rings is 1. The van der Waals surface area contributed by atoms with Gasteiger partial charge in [0.1, 0.15) is 0 Å². The number of nitrogens with one attached hydrogen (secondary N) is 1. The number of hydrogen-bond acceptors (Lipinski definition) is 6. The fourth-order valence-corrected chi connectivity index (χ4v) is 4.16. The molecule has 1 aliphatic carbocycles. The van der Waals surface area contributed by atoms with Gasteiger partial charge in [-0.2, -0.15) is 5.26 Å². The van der Waals surface area contributed by atoms with Crippen molar-refractivity contribution in [3.63, 3.8) is 0 Å². The van der Waals surface area contributed by atoms with E-state index in [4.69, 9.17) is 4.98 Å². The molecule has 1 saturated heterocycles. The molecular weight excluding hydrogens is 322 g/mol. The topological polar surface area (TPSA) is 81.9 Å². The van der Waals surface area contributed by atoms with Crippen molar-refractivity contribution in [1.29, 1.82) is 5.26 Å². The van der Waals surface area contributed by atoms with Crippen molar-refractivity contribution in [2.24, 2.45) is 11.3 Å². The predicted octanol–water partition coefficient (Wildman–Crippen LogP) is 3.17. The maximum absolute atomic E-state index is 12.0. The van der Waals surface area contributed by atoms with E-state index in [9.17, 15) is 10.1 Å². The van der Waals surface area contributed by atoms with E-state index in [0.29, 0.717) is 12.4 Å². The highest BCUT2D eigenvalue weighted by molar-refractivity contribution is 7.22. The Morgan fingerprint density at radius 2 is 2.38 bits per heavy atom. The van der Waals surface area contributed by atoms with Gasteiger partial charge in [-0.3, -0.25) is 4.79 Å². The number of amides is 1. The number of pyridine rings is 1. The Kier molecular flexibility index (Phi) is 3.65. The molecule has 1 amide bonds. The third-order valence-corrected chi connectivity index (χ3v) is 5.86. The minimum absolute atomic E-state index is 0.0555. The Labute approximate surface area is 144 Å². The minimum Gasteiger partial charge on any atom is -0.346 e. The Bertz CT molecular complexity index is 837. The molecule has 1 aliphatic heterocycles. The normalized spacial score (nSPS) is 23.9. The van der Waals surface area contributed by atoms with Gasteiger partial charge in [-0.1, -0.05) is 11.3 Å². The molecule has 2 aromatic rings. The third-order valence-electron chi connectivity index (χ3n) is 4.72. The van der Waals surface area contributed by atoms with Crippen LogP contribution in [-0.4, -0.2) is 29.0 Å². The molecule has 2 aromatic heterocycles. The van der Waals surface area contributed by atoms with E-state index < -0.39 is 0 Å². The molecule has 0 spiro atoms. The second-order valence-electron chi connectivity index (χ2n) is 6.97. The van der Waals surface area contributed by atoms with Crippen molar-refractivity contribution in [3.8, 4) is 6.07 Å². The van der Waals surface area contributed by atoms with Crippen molar-refractivity contribution in [3.05, 3.63) is 12.3 Å². The molecule has 2 fully saturated rings. The molecule has 124 valence electrons. The van der Waals surface area contributed by atoms with Crippen molar-refractivity contribution >= 4 is 38.4 Å². The first-order valence-electron chi connectivity index (χ1n) is 8.31. The summed E-state index contributed by atoms with van der Waals surface area (Å²) >= 11 is 1.54. The van der Waals surface area contributed by atoms with Gasteiger partial charge in [0.25, 0.3) is 0 Å². The number of piperidine rings is 1. The summed E-state index contributed by atoms with van der Waals surface area (Å²) in [5.41, 5.74) is 0.525. The summed E-state index contributed by atoms with van der Waals surface area (Å²) in [4.78, 5) is 23.3. The van der Waals surface area contributed by atoms with Gasteiger partial charge in [0.2, 0.25) is 5.91 Å². The van der Waals surface area contributed by atoms with Gasteiger partial charge in [0.05, 0.1) is 21.7 Å². The van der Waals surface area contributed by atoms with E-state index >= 15 is 0 Å². The van der Waals surface area contributed by atoms with Gasteiger partial charge in [0.15, 0.2) is 10.9 Å². The zero-order valence-corrected chi connectivity index (χ0v) is 14.4. The number of anilines is 2. The molecule has 4 rings (SSSR count). The van der Waals surface area contributed by atoms with Crippen LogP contribution in [0.1, 0.15) is 32.6 Å². The molecule has 2 aliphatic rings. The smallest absolute Gasteiger partial charge is 0.228 e. The van der Waals surface area contributed by atoms with Crippen LogP contribution < -0.4 is 10.2 Å². The zero-order valence-electron chi connectivity index (χ0n) is 13.6. The minimum atomic E-state index is -0.322. The molecule has 6 nitrogen and oxygen atoms in total. The maximum Gasteiger partial charge on any atom is 0.228 e. The van der Waals surface area contributed by atoms with Crippen LogP contribution in [0.25, 0.3) is 10.2 Å². The summed E-state index contributed by atoms with van der Waals surface area (Å²) < 4.78 is 0.908. The third kappa shape index (κ3) is 2.82. The monoisotopic (exact) mass is 341 g/mol. The van der Waals surface area contributed by atoms with Crippen LogP contribution in [0.15, 0.2) is 12.3 Å². The highest BCUT2D eigenvalue weighted by Gasteiger charge is 2.33. The van der Waals surface area contributed by atoms with Gasteiger partial charge in [-0.15, -0.1) is 0 Å². The average Bonchev–Trinajstić information content (AvgIpc) is 3.34. The summed E-state index contributed by atoms with van der Waals surface area (Å²) in [7, 11) is 0. The van der Waals surface area contributed by atoms with Crippen LogP contribution >= 0.6 is 11.3 Å². The van der Waals surface area contributed by atoms with Crippen molar-refractivity contribution in [1.82, 2.24) is 9.97 Å². The first kappa shape index (κ1) is 15.3. The Hall–Kier alpha value is -2.20. The fraction of sp³-hybridized carbons (Fsp3) is 0.529. The number of hydrogen-bond donors (Lipinski definition) is 1. The van der Waals surface area contributed by atoms with Crippen LogP contribution in [0.4, 0.5) is 10.9 Å². The molecule has 24 heavy (non-hydrogen) atoms. The SMILES string of the molecule is C[C@@]1(C#N)CCCN(c2nc3ccnc(NC(=O)C4CC4)c3s2)C1. The van der Waals surface area contributed by atoms with Crippen LogP contribution in [0.3, 0.4) is 0 Å². The summed E-state index contributed by atoms with van der Waals surface area (Å²) in [6.07, 6.45) is 5.54. The van der Waals surface area contributed by atoms with Gasteiger partial charge < -0.3 is 10.2 Å². The number of rotatable bonds is 3. The Morgan fingerprint density at radius 1 is 1.54 bits per heavy atom. The second kappa shape index (κ2) is 5.71. The molecule has 1 saturated carbocycles. The van der Waals surface area contributed by atoms with E-state index in [0.717, 1.165) is 47.6 Å². The summed E-state index contributed by atoms with van der Waals surface area (Å²) in [5.74, 6) is 0.807. The standard InChI is InChI=1S/C17H19N5OS/c1-17(9-18)6-2-8-22(10-17)16-20-12-5-7-19-14(13(12)24-16)21-15(23)11-3-4-11/h5,7,11H,2-4,6,8,10H2,1H3,(H,19,21,23)/t17-/m0/s1. The predicted molar refractivity (Wildman–Crippen MR) is 93.9 cm³/mol. The van der Waals surface area contributed by atoms with Gasteiger partial charge in [0, 0.05) is 25.2 Å². The van der Waals surface area contributed by atoms with Crippen LogP contribution in [0, 0.1) is 22.7 Å². The largest absolute Gasteiger partial charge is 0.346 e. The number of carbonyl (C=O) groups is 1. The Balaban J connectivity index is 1.63. The maximum atomic E-state index is 12.0. The average molecular weight is 341 g/mol. The number of fused-ring (bicyclic) bond motifs is 1. The van der Waals surface area contributed by atoms with Crippen molar-refractivity contribution in [2.75, 3.05) is 23.3 Å². The first-order valence-corrected chi connectivity index (χ1v) is 9.12. The summed E-state index contributed by atoms with van der Waals surface area (Å²) in [6, 6.07) is 4.31. The lowest BCUT2D eigenvalue weighted by atomic mass is 9.84. The van der Waals surface area contributed by atoms with Crippen LogP contribution in [0.5, 0.6) is 0 Å². The quantitative estimate of drug-likeness (QED) is 0.927. The van der Waals surface area contributed by atoms with E-state index in [1.54, 1.807) is 17.5 Å². The molecule has 1 atom stereocenters. The summed E-state index contributed by atoms with van der Waals surface area (Å²) in [6.45, 7) is 3.62. The van der Waals surface area contributed by atoms with Crippen LogP contribution in [0.2, 0.25) is 0 Å². The fourth-order valence-electron chi connectivity index (χ4n) is 3.13. The highest BCUT2D eigenvalue weighted by Crippen LogP contribution is 2.38. The number of carbonyl (C=O) groups excluding carboxylic acids is 1. The number of nitrogens with zero attached hydrogens (tertiary/aromatic N) is 4. The van der Waals surface area contributed by atoms with E-state index in [1.165, 1.54) is 0 Å². The molecule has 7 heteroatoms. The zero-order chi connectivity index (χ0) is 16.7. The van der Waals surface area contributed by atoms with E-state index in [-0.39, 0.29) is 17.2 Å². The van der Waals surface area contributed by atoms with E-state index in [2.05, 4.69) is 21.3 Å². The van der Waals surface area contributed by atoms with E-state index in [1.807, 2.05) is 13.0 Å². The lowest BCUT2D eigenvalue weighted by molar-refractivity contribution is -0.117. The number of aromatic nitrogens is 2. The molecule has 0 radical (unpaired) electrons. The van der Waals surface area contributed by atoms with Gasteiger partial charge in [-0.05, 0) is 38.7 Å². The number of nitriles is 1. The highest BCUT2D eigenvalue weighted by atomic mass is 32.1. The van der Waals surface area contributed by atoms with Crippen molar-refractivity contribution < 1.29 is 4.79 Å².